The van der Waals surface area contributed by atoms with Gasteiger partial charge in [0.2, 0.25) is 5.88 Å². The van der Waals surface area contributed by atoms with Crippen molar-refractivity contribution in [2.75, 3.05) is 6.54 Å². The highest BCUT2D eigenvalue weighted by atomic mass is 35.5. The molecule has 1 unspecified atom stereocenters. The van der Waals surface area contributed by atoms with E-state index in [0.29, 0.717) is 24.1 Å². The molecule has 0 spiro atoms. The summed E-state index contributed by atoms with van der Waals surface area (Å²) in [5, 5.41) is 2.88. The van der Waals surface area contributed by atoms with E-state index in [0.717, 1.165) is 31.4 Å². The van der Waals surface area contributed by atoms with Gasteiger partial charge in [-0.1, -0.05) is 19.8 Å². The van der Waals surface area contributed by atoms with Gasteiger partial charge in [-0.05, 0) is 36.8 Å². The van der Waals surface area contributed by atoms with Gasteiger partial charge in [0.15, 0.2) is 0 Å². The maximum Gasteiger partial charge on any atom is 0.417 e. The van der Waals surface area contributed by atoms with Gasteiger partial charge in [-0.15, -0.1) is 24.8 Å². The predicted molar refractivity (Wildman–Crippen MR) is 110 cm³/mol. The number of benzene rings is 1. The highest BCUT2D eigenvalue weighted by molar-refractivity contribution is 5.94. The Morgan fingerprint density at radius 3 is 2.31 bits per heavy atom. The molecule has 1 amide bonds. The van der Waals surface area contributed by atoms with Gasteiger partial charge in [0.1, 0.15) is 5.75 Å². The van der Waals surface area contributed by atoms with Crippen molar-refractivity contribution in [3.63, 3.8) is 0 Å². The molecule has 0 radical (unpaired) electrons. The zero-order valence-corrected chi connectivity index (χ0v) is 17.4. The average molecular weight is 454 g/mol. The lowest BCUT2D eigenvalue weighted by atomic mass is 10.1. The minimum Gasteiger partial charge on any atom is -0.439 e. The first-order valence-electron chi connectivity index (χ1n) is 8.65. The molecule has 2 rings (SSSR count). The van der Waals surface area contributed by atoms with E-state index in [4.69, 9.17) is 10.5 Å². The van der Waals surface area contributed by atoms with E-state index in [2.05, 4.69) is 17.2 Å². The molecule has 0 aliphatic rings. The zero-order chi connectivity index (χ0) is 19.9. The SMILES string of the molecule is CCCCC(CN)NC(=O)c1ccc(Oc2ccc(C(F)(F)F)cn2)cc1.Cl.Cl. The Morgan fingerprint density at radius 2 is 1.83 bits per heavy atom. The molecular weight excluding hydrogens is 430 g/mol. The number of nitrogens with two attached hydrogens (primary N) is 1. The topological polar surface area (TPSA) is 77.2 Å². The fraction of sp³-hybridized carbons (Fsp3) is 0.368. The number of unbranched alkanes of at least 4 members (excludes halogenated alkanes) is 1. The number of alkyl halides is 3. The smallest absolute Gasteiger partial charge is 0.417 e. The molecule has 1 aromatic carbocycles. The molecule has 5 nitrogen and oxygen atoms in total. The Kier molecular flexibility index (Phi) is 11.6. The lowest BCUT2D eigenvalue weighted by molar-refractivity contribution is -0.137. The van der Waals surface area contributed by atoms with Gasteiger partial charge in [0.25, 0.3) is 5.91 Å². The van der Waals surface area contributed by atoms with Crippen molar-refractivity contribution >= 4 is 30.7 Å². The maximum atomic E-state index is 12.5. The molecule has 29 heavy (non-hydrogen) atoms. The fourth-order valence-electron chi connectivity index (χ4n) is 2.37. The summed E-state index contributed by atoms with van der Waals surface area (Å²) in [6.07, 6.45) is -0.912. The lowest BCUT2D eigenvalue weighted by Gasteiger charge is -2.16. The molecule has 0 saturated carbocycles. The minimum absolute atomic E-state index is 0. The molecule has 1 aromatic heterocycles. The van der Waals surface area contributed by atoms with Gasteiger partial charge in [0.05, 0.1) is 5.56 Å². The monoisotopic (exact) mass is 453 g/mol. The number of carbonyl (C=O) groups is 1. The molecule has 0 aliphatic heterocycles. The molecule has 162 valence electrons. The van der Waals surface area contributed by atoms with Gasteiger partial charge in [0, 0.05) is 30.4 Å². The summed E-state index contributed by atoms with van der Waals surface area (Å²) in [4.78, 5) is 15.9. The molecule has 2 aromatic rings. The molecule has 0 saturated heterocycles. The molecular formula is C19H24Cl2F3N3O2. The molecule has 0 aliphatic carbocycles. The van der Waals surface area contributed by atoms with Crippen LogP contribution in [-0.2, 0) is 6.18 Å². The van der Waals surface area contributed by atoms with E-state index in [9.17, 15) is 18.0 Å². The van der Waals surface area contributed by atoms with Crippen molar-refractivity contribution in [1.82, 2.24) is 10.3 Å². The number of amides is 1. The van der Waals surface area contributed by atoms with Crippen molar-refractivity contribution in [3.8, 4) is 11.6 Å². The Hall–Kier alpha value is -2.03. The number of hydrogen-bond donors (Lipinski definition) is 2. The molecule has 1 atom stereocenters. The Morgan fingerprint density at radius 1 is 1.17 bits per heavy atom. The fourth-order valence-corrected chi connectivity index (χ4v) is 2.37. The molecule has 0 bridgehead atoms. The first kappa shape index (κ1) is 27.0. The van der Waals surface area contributed by atoms with Crippen molar-refractivity contribution < 1.29 is 22.7 Å². The summed E-state index contributed by atoms with van der Waals surface area (Å²) >= 11 is 0. The van der Waals surface area contributed by atoms with Crippen molar-refractivity contribution in [1.29, 1.82) is 0 Å². The number of halogens is 5. The predicted octanol–water partition coefficient (Wildman–Crippen LogP) is 4.98. The lowest BCUT2D eigenvalue weighted by Crippen LogP contribution is -2.40. The number of aromatic nitrogens is 1. The second kappa shape index (κ2) is 12.5. The van der Waals surface area contributed by atoms with Crippen LogP contribution in [0.3, 0.4) is 0 Å². The van der Waals surface area contributed by atoms with Crippen LogP contribution in [0.15, 0.2) is 42.6 Å². The van der Waals surface area contributed by atoms with Gasteiger partial charge in [-0.3, -0.25) is 4.79 Å². The summed E-state index contributed by atoms with van der Waals surface area (Å²) in [7, 11) is 0. The van der Waals surface area contributed by atoms with E-state index in [1.807, 2.05) is 0 Å². The van der Waals surface area contributed by atoms with Gasteiger partial charge < -0.3 is 15.8 Å². The van der Waals surface area contributed by atoms with Gasteiger partial charge in [-0.2, -0.15) is 13.2 Å². The number of nitrogens with zero attached hydrogens (tertiary/aromatic N) is 1. The van der Waals surface area contributed by atoms with E-state index in [-0.39, 0.29) is 42.6 Å². The molecule has 3 N–H and O–H groups in total. The highest BCUT2D eigenvalue weighted by Crippen LogP contribution is 2.30. The van der Waals surface area contributed by atoms with Crippen LogP contribution in [0.4, 0.5) is 13.2 Å². The van der Waals surface area contributed by atoms with Crippen molar-refractivity contribution in [2.45, 2.75) is 38.4 Å². The van der Waals surface area contributed by atoms with Crippen LogP contribution in [0.2, 0.25) is 0 Å². The molecule has 1 heterocycles. The average Bonchev–Trinajstić information content (AvgIpc) is 2.65. The summed E-state index contributed by atoms with van der Waals surface area (Å²) in [5.41, 5.74) is 5.27. The van der Waals surface area contributed by atoms with Crippen LogP contribution in [0, 0.1) is 0 Å². The number of carbonyl (C=O) groups excluding carboxylic acids is 1. The molecule has 0 fully saturated rings. The van der Waals surface area contributed by atoms with Crippen molar-refractivity contribution in [3.05, 3.63) is 53.7 Å². The number of rotatable bonds is 8. The highest BCUT2D eigenvalue weighted by Gasteiger charge is 2.30. The maximum absolute atomic E-state index is 12.5. The second-order valence-electron chi connectivity index (χ2n) is 6.06. The first-order chi connectivity index (χ1) is 12.8. The van der Waals surface area contributed by atoms with Gasteiger partial charge in [-0.25, -0.2) is 4.98 Å². The third kappa shape index (κ3) is 8.47. The van der Waals surface area contributed by atoms with Gasteiger partial charge >= 0.3 is 6.18 Å². The van der Waals surface area contributed by atoms with E-state index >= 15 is 0 Å². The normalized spacial score (nSPS) is 11.6. The second-order valence-corrected chi connectivity index (χ2v) is 6.06. The van der Waals surface area contributed by atoms with Crippen LogP contribution in [0.1, 0.15) is 42.1 Å². The Balaban J connectivity index is 0.00000392. The quantitative estimate of drug-likeness (QED) is 0.590. The zero-order valence-electron chi connectivity index (χ0n) is 15.7. The standard InChI is InChI=1S/C19H22F3N3O2.2ClH/c1-2-3-4-15(11-23)25-18(26)13-5-8-16(9-6-13)27-17-10-7-14(12-24-17)19(20,21)22;;/h5-10,12,15H,2-4,11,23H2,1H3,(H,25,26);2*1H. The largest absolute Gasteiger partial charge is 0.439 e. The number of nitrogens with one attached hydrogen (secondary N) is 1. The first-order valence-corrected chi connectivity index (χ1v) is 8.65. The number of pyridine rings is 1. The van der Waals surface area contributed by atoms with Crippen molar-refractivity contribution in [2.24, 2.45) is 5.73 Å². The van der Waals surface area contributed by atoms with Crippen LogP contribution in [-0.4, -0.2) is 23.5 Å². The Labute approximate surface area is 180 Å². The summed E-state index contributed by atoms with van der Waals surface area (Å²) in [6.45, 7) is 2.44. The van der Waals surface area contributed by atoms with E-state index in [1.54, 1.807) is 24.3 Å². The summed E-state index contributed by atoms with van der Waals surface area (Å²) in [6, 6.07) is 8.21. The Bertz CT molecular complexity index is 742. The van der Waals surface area contributed by atoms with E-state index < -0.39 is 11.7 Å². The molecule has 10 heteroatoms. The van der Waals surface area contributed by atoms with E-state index in [1.165, 1.54) is 0 Å². The summed E-state index contributed by atoms with van der Waals surface area (Å²) in [5.74, 6) is 0.156. The van der Waals surface area contributed by atoms with Crippen LogP contribution >= 0.6 is 24.8 Å². The summed E-state index contributed by atoms with van der Waals surface area (Å²) < 4.78 is 43.0. The third-order valence-electron chi connectivity index (χ3n) is 3.93. The third-order valence-corrected chi connectivity index (χ3v) is 3.93. The van der Waals surface area contributed by atoms with Crippen LogP contribution in [0.5, 0.6) is 11.6 Å². The number of hydrogen-bond acceptors (Lipinski definition) is 4. The van der Waals surface area contributed by atoms with Crippen LogP contribution < -0.4 is 15.8 Å². The number of ether oxygens (including phenoxy) is 1. The van der Waals surface area contributed by atoms with Crippen LogP contribution in [0.25, 0.3) is 0 Å². The minimum atomic E-state index is -4.45.